The van der Waals surface area contributed by atoms with Gasteiger partial charge in [0.25, 0.3) is 5.91 Å². The molecule has 3 rings (SSSR count). The van der Waals surface area contributed by atoms with E-state index in [2.05, 4.69) is 26.0 Å². The summed E-state index contributed by atoms with van der Waals surface area (Å²) in [5, 5.41) is 13.5. The molecule has 146 valence electrons. The van der Waals surface area contributed by atoms with Gasteiger partial charge < -0.3 is 20.4 Å². The molecule has 0 spiro atoms. The summed E-state index contributed by atoms with van der Waals surface area (Å²) in [5.41, 5.74) is 1.79. The van der Waals surface area contributed by atoms with Crippen LogP contribution < -0.4 is 16.0 Å². The summed E-state index contributed by atoms with van der Waals surface area (Å²) < 4.78 is 6.99. The van der Waals surface area contributed by atoms with Gasteiger partial charge in [-0.1, -0.05) is 12.1 Å². The summed E-state index contributed by atoms with van der Waals surface area (Å²) in [4.78, 5) is 16.2. The van der Waals surface area contributed by atoms with Crippen molar-refractivity contribution in [2.75, 3.05) is 18.9 Å². The van der Waals surface area contributed by atoms with Gasteiger partial charge in [-0.25, -0.2) is 0 Å². The molecule has 3 N–H and O–H groups in total. The Hall–Kier alpha value is -3.55. The van der Waals surface area contributed by atoms with Crippen LogP contribution in [0.1, 0.15) is 22.5 Å². The molecular weight excluding hydrogens is 356 g/mol. The molecule has 0 aliphatic carbocycles. The van der Waals surface area contributed by atoms with E-state index in [1.54, 1.807) is 25.4 Å². The quantitative estimate of drug-likeness (QED) is 0.317. The number of aliphatic imine (C=N–C) groups is 1. The molecule has 28 heavy (non-hydrogen) atoms. The van der Waals surface area contributed by atoms with Crippen molar-refractivity contribution >= 4 is 17.6 Å². The minimum atomic E-state index is -0.268. The number of anilines is 1. The van der Waals surface area contributed by atoms with Gasteiger partial charge in [0.1, 0.15) is 0 Å². The smallest absolute Gasteiger partial charge is 0.291 e. The molecule has 0 radical (unpaired) electrons. The van der Waals surface area contributed by atoms with Gasteiger partial charge in [-0.15, -0.1) is 0 Å². The van der Waals surface area contributed by atoms with E-state index in [1.165, 1.54) is 6.26 Å². The highest BCUT2D eigenvalue weighted by atomic mass is 16.3. The molecular formula is C20H24N6O2. The van der Waals surface area contributed by atoms with E-state index < -0.39 is 0 Å². The number of nitrogens with one attached hydrogen (secondary N) is 3. The largest absolute Gasteiger partial charge is 0.459 e. The maximum atomic E-state index is 12.0. The number of nitrogens with zero attached hydrogens (tertiary/aromatic N) is 3. The summed E-state index contributed by atoms with van der Waals surface area (Å²) >= 11 is 0. The average molecular weight is 380 g/mol. The molecule has 0 saturated heterocycles. The summed E-state index contributed by atoms with van der Waals surface area (Å²) in [6.07, 6.45) is 6.16. The Labute approximate surface area is 163 Å². The van der Waals surface area contributed by atoms with Gasteiger partial charge in [0, 0.05) is 44.8 Å². The second kappa shape index (κ2) is 9.96. The topological polar surface area (TPSA) is 96.5 Å². The summed E-state index contributed by atoms with van der Waals surface area (Å²) in [5.74, 6) is 0.763. The van der Waals surface area contributed by atoms with Crippen LogP contribution in [-0.2, 0) is 13.1 Å². The summed E-state index contributed by atoms with van der Waals surface area (Å²) in [6, 6.07) is 12.9. The van der Waals surface area contributed by atoms with Crippen molar-refractivity contribution < 1.29 is 9.21 Å². The molecule has 8 nitrogen and oxygen atoms in total. The van der Waals surface area contributed by atoms with Gasteiger partial charge in [-0.05, 0) is 42.3 Å². The normalized spacial score (nSPS) is 11.2. The highest BCUT2D eigenvalue weighted by Crippen LogP contribution is 2.11. The Morgan fingerprint density at radius 2 is 2.04 bits per heavy atom. The SMILES string of the molecule is CN=C(NCCCn1cccn1)NCc1ccc(NC(=O)c2ccco2)cc1. The van der Waals surface area contributed by atoms with E-state index in [1.807, 2.05) is 41.2 Å². The number of carbonyl (C=O) groups excluding carboxylic acids is 1. The predicted molar refractivity (Wildman–Crippen MR) is 108 cm³/mol. The molecule has 0 aliphatic heterocycles. The zero-order valence-corrected chi connectivity index (χ0v) is 15.8. The molecule has 1 aromatic carbocycles. The molecule has 2 heterocycles. The molecule has 2 aromatic heterocycles. The lowest BCUT2D eigenvalue weighted by Gasteiger charge is -2.12. The van der Waals surface area contributed by atoms with Crippen LogP contribution in [0.5, 0.6) is 0 Å². The van der Waals surface area contributed by atoms with Gasteiger partial charge in [-0.3, -0.25) is 14.5 Å². The molecule has 0 atom stereocenters. The second-order valence-electron chi connectivity index (χ2n) is 6.10. The van der Waals surface area contributed by atoms with E-state index in [4.69, 9.17) is 4.42 Å². The highest BCUT2D eigenvalue weighted by molar-refractivity contribution is 6.02. The minimum Gasteiger partial charge on any atom is -0.459 e. The van der Waals surface area contributed by atoms with Crippen LogP contribution in [-0.4, -0.2) is 35.2 Å². The predicted octanol–water partition coefficient (Wildman–Crippen LogP) is 2.48. The average Bonchev–Trinajstić information content (AvgIpc) is 3.43. The number of benzene rings is 1. The van der Waals surface area contributed by atoms with Gasteiger partial charge in [-0.2, -0.15) is 5.10 Å². The Bertz CT molecular complexity index is 870. The fraction of sp³-hybridized carbons (Fsp3) is 0.250. The van der Waals surface area contributed by atoms with Gasteiger partial charge in [0.05, 0.1) is 6.26 Å². The van der Waals surface area contributed by atoms with Crippen molar-refractivity contribution in [3.05, 3.63) is 72.4 Å². The van der Waals surface area contributed by atoms with Crippen LogP contribution >= 0.6 is 0 Å². The van der Waals surface area contributed by atoms with Crippen molar-refractivity contribution in [2.45, 2.75) is 19.5 Å². The van der Waals surface area contributed by atoms with Crippen LogP contribution in [0.15, 0.2) is 70.5 Å². The van der Waals surface area contributed by atoms with E-state index in [9.17, 15) is 4.79 Å². The first kappa shape index (κ1) is 19.2. The van der Waals surface area contributed by atoms with Crippen molar-refractivity contribution in [1.29, 1.82) is 0 Å². The van der Waals surface area contributed by atoms with Crippen LogP contribution in [0.25, 0.3) is 0 Å². The third-order valence-electron chi connectivity index (χ3n) is 4.06. The Balaban J connectivity index is 1.39. The summed E-state index contributed by atoms with van der Waals surface area (Å²) in [7, 11) is 1.75. The maximum absolute atomic E-state index is 12.0. The number of guanidine groups is 1. The molecule has 0 saturated carbocycles. The molecule has 1 amide bonds. The molecule has 0 bridgehead atoms. The van der Waals surface area contributed by atoms with E-state index >= 15 is 0 Å². The highest BCUT2D eigenvalue weighted by Gasteiger charge is 2.08. The van der Waals surface area contributed by atoms with Crippen LogP contribution in [0.2, 0.25) is 0 Å². The number of amides is 1. The Kier molecular flexibility index (Phi) is 6.84. The zero-order valence-electron chi connectivity index (χ0n) is 15.8. The number of furan rings is 1. The fourth-order valence-corrected chi connectivity index (χ4v) is 2.59. The van der Waals surface area contributed by atoms with Crippen LogP contribution in [0.3, 0.4) is 0 Å². The third kappa shape index (κ3) is 5.73. The standard InChI is InChI=1S/C20H24N6O2/c1-21-20(22-10-3-12-26-13-4-11-24-26)23-15-16-6-8-17(9-7-16)25-19(27)18-5-2-14-28-18/h2,4-9,11,13-14H,3,10,12,15H2,1H3,(H,25,27)(H2,21,22,23). The maximum Gasteiger partial charge on any atom is 0.291 e. The lowest BCUT2D eigenvalue weighted by Crippen LogP contribution is -2.37. The molecule has 3 aromatic rings. The minimum absolute atomic E-state index is 0.268. The first-order chi connectivity index (χ1) is 13.7. The molecule has 0 fully saturated rings. The Morgan fingerprint density at radius 1 is 1.18 bits per heavy atom. The monoisotopic (exact) mass is 380 g/mol. The number of rotatable bonds is 8. The number of aromatic nitrogens is 2. The zero-order chi connectivity index (χ0) is 19.6. The van der Waals surface area contributed by atoms with E-state index in [0.29, 0.717) is 12.2 Å². The lowest BCUT2D eigenvalue weighted by atomic mass is 10.2. The third-order valence-corrected chi connectivity index (χ3v) is 4.06. The van der Waals surface area contributed by atoms with E-state index in [-0.39, 0.29) is 11.7 Å². The van der Waals surface area contributed by atoms with E-state index in [0.717, 1.165) is 31.0 Å². The Morgan fingerprint density at radius 3 is 2.71 bits per heavy atom. The summed E-state index contributed by atoms with van der Waals surface area (Å²) in [6.45, 7) is 2.30. The fourth-order valence-electron chi connectivity index (χ4n) is 2.59. The number of carbonyl (C=O) groups is 1. The lowest BCUT2D eigenvalue weighted by molar-refractivity contribution is 0.0996. The van der Waals surface area contributed by atoms with Crippen LogP contribution in [0.4, 0.5) is 5.69 Å². The van der Waals surface area contributed by atoms with Crippen molar-refractivity contribution in [3.63, 3.8) is 0 Å². The number of hydrogen-bond acceptors (Lipinski definition) is 4. The van der Waals surface area contributed by atoms with Gasteiger partial charge >= 0.3 is 0 Å². The molecule has 0 unspecified atom stereocenters. The first-order valence-corrected chi connectivity index (χ1v) is 9.10. The van der Waals surface area contributed by atoms with Crippen molar-refractivity contribution in [2.24, 2.45) is 4.99 Å². The molecule has 0 aliphatic rings. The van der Waals surface area contributed by atoms with Crippen molar-refractivity contribution in [3.8, 4) is 0 Å². The molecule has 8 heteroatoms. The van der Waals surface area contributed by atoms with Crippen LogP contribution in [0, 0.1) is 0 Å². The number of hydrogen-bond donors (Lipinski definition) is 3. The second-order valence-corrected chi connectivity index (χ2v) is 6.10. The van der Waals surface area contributed by atoms with Gasteiger partial charge in [0.15, 0.2) is 11.7 Å². The van der Waals surface area contributed by atoms with Gasteiger partial charge in [0.2, 0.25) is 0 Å². The first-order valence-electron chi connectivity index (χ1n) is 9.10. The number of aryl methyl sites for hydroxylation is 1. The van der Waals surface area contributed by atoms with Crippen molar-refractivity contribution in [1.82, 2.24) is 20.4 Å².